The molecular formula is C38H65N3O28. The van der Waals surface area contributed by atoms with Crippen molar-refractivity contribution in [3.8, 4) is 0 Å². The second kappa shape index (κ2) is 25.9. The third-order valence-corrected chi connectivity index (χ3v) is 12.1. The van der Waals surface area contributed by atoms with Gasteiger partial charge in [0.1, 0.15) is 122 Å². The lowest BCUT2D eigenvalue weighted by atomic mass is 9.93. The third kappa shape index (κ3) is 13.2. The van der Waals surface area contributed by atoms with Crippen LogP contribution in [0.3, 0.4) is 0 Å². The molecule has 0 aliphatic carbocycles. The fourth-order valence-electron chi connectivity index (χ4n) is 8.42. The molecule has 5 heterocycles. The van der Waals surface area contributed by atoms with Crippen molar-refractivity contribution in [2.24, 2.45) is 0 Å². The SMILES string of the molecule is CC(=O)N[C@H]1[C@H](O[C@@H]2[C@@H](O)[C@H](O[C@H]3[C@H](O)[C@@H](O)[C@H](OC[C@@H](CO)NC=O)O[C@@H]3CO)O[C@H](CO)[C@@H]2O[C@@H]2O[C@H](CO)[C@H](O)[C@H](O)[C@H]2NC(C)=O)O[C@H](CO)[C@H](O[C@@H]2O[C@H](CO)[C@H](O)[C@H](O)[C@H]2O)[C@@H]1O. The normalized spacial score (nSPS) is 45.6. The van der Waals surface area contributed by atoms with Gasteiger partial charge in [-0.1, -0.05) is 0 Å². The molecule has 0 unspecified atom stereocenters. The molecule has 0 spiro atoms. The van der Waals surface area contributed by atoms with Crippen LogP contribution >= 0.6 is 0 Å². The summed E-state index contributed by atoms with van der Waals surface area (Å²) in [5.41, 5.74) is 0. The Bertz CT molecular complexity index is 1610. The first kappa shape index (κ1) is 57.3. The van der Waals surface area contributed by atoms with Crippen LogP contribution in [-0.2, 0) is 61.8 Å². The van der Waals surface area contributed by atoms with Crippen LogP contribution < -0.4 is 16.0 Å². The summed E-state index contributed by atoms with van der Waals surface area (Å²) < 4.78 is 58.1. The van der Waals surface area contributed by atoms with E-state index < -0.39 is 218 Å². The summed E-state index contributed by atoms with van der Waals surface area (Å²) in [5.74, 6) is -1.64. The van der Waals surface area contributed by atoms with E-state index >= 15 is 0 Å². The number of amides is 3. The van der Waals surface area contributed by atoms with E-state index in [0.717, 1.165) is 13.8 Å². The number of hydrogen-bond acceptors (Lipinski definition) is 28. The molecule has 31 heteroatoms. The summed E-state index contributed by atoms with van der Waals surface area (Å²) in [4.78, 5) is 35.8. The molecule has 31 nitrogen and oxygen atoms in total. The zero-order valence-corrected chi connectivity index (χ0v) is 37.1. The molecule has 5 rings (SSSR count). The van der Waals surface area contributed by atoms with Gasteiger partial charge in [0.25, 0.3) is 0 Å². The zero-order valence-electron chi connectivity index (χ0n) is 37.1. The van der Waals surface area contributed by atoms with Crippen LogP contribution in [0, 0.1) is 0 Å². The van der Waals surface area contributed by atoms with E-state index in [0.29, 0.717) is 0 Å². The lowest BCUT2D eigenvalue weighted by Crippen LogP contribution is -2.71. The number of aliphatic hydroxyl groups excluding tert-OH is 15. The van der Waals surface area contributed by atoms with Gasteiger partial charge < -0.3 is 140 Å². The van der Waals surface area contributed by atoms with E-state index in [1.807, 2.05) is 0 Å². The van der Waals surface area contributed by atoms with Crippen molar-refractivity contribution in [3.05, 3.63) is 0 Å². The van der Waals surface area contributed by atoms with Crippen LogP contribution in [0.5, 0.6) is 0 Å². The molecular weight excluding hydrogens is 946 g/mol. The maximum absolute atomic E-state index is 12.7. The van der Waals surface area contributed by atoms with Gasteiger partial charge in [-0.25, -0.2) is 0 Å². The largest absolute Gasteiger partial charge is 0.394 e. The van der Waals surface area contributed by atoms with Crippen molar-refractivity contribution in [1.29, 1.82) is 0 Å². The van der Waals surface area contributed by atoms with Crippen LogP contribution in [0.2, 0.25) is 0 Å². The third-order valence-electron chi connectivity index (χ3n) is 12.1. The highest BCUT2D eigenvalue weighted by molar-refractivity contribution is 5.73. The molecule has 3 amide bonds. The van der Waals surface area contributed by atoms with Crippen molar-refractivity contribution < 1.29 is 138 Å². The van der Waals surface area contributed by atoms with Gasteiger partial charge in [-0.05, 0) is 0 Å². The predicted molar refractivity (Wildman–Crippen MR) is 214 cm³/mol. The highest BCUT2D eigenvalue weighted by Gasteiger charge is 2.58. The molecule has 0 aromatic heterocycles. The molecule has 5 aliphatic heterocycles. The average molecular weight is 1010 g/mol. The van der Waals surface area contributed by atoms with Crippen molar-refractivity contribution >= 4 is 18.2 Å². The van der Waals surface area contributed by atoms with Crippen molar-refractivity contribution in [3.63, 3.8) is 0 Å². The monoisotopic (exact) mass is 1010 g/mol. The molecule has 0 saturated carbocycles. The van der Waals surface area contributed by atoms with Crippen LogP contribution in [-0.4, -0.2) is 301 Å². The Balaban J connectivity index is 1.50. The molecule has 5 fully saturated rings. The van der Waals surface area contributed by atoms with E-state index in [-0.39, 0.29) is 6.41 Å². The first-order valence-electron chi connectivity index (χ1n) is 21.8. The molecule has 5 saturated heterocycles. The number of hydrogen-bond donors (Lipinski definition) is 18. The number of carbonyl (C=O) groups is 3. The van der Waals surface area contributed by atoms with Crippen molar-refractivity contribution in [2.75, 3.05) is 46.2 Å². The second-order valence-electron chi connectivity index (χ2n) is 16.9. The summed E-state index contributed by atoms with van der Waals surface area (Å²) in [6.07, 6.45) is -42.9. The molecule has 5 aliphatic rings. The first-order chi connectivity index (χ1) is 32.8. The Kier molecular flexibility index (Phi) is 21.5. The zero-order chi connectivity index (χ0) is 51.0. The van der Waals surface area contributed by atoms with Crippen molar-refractivity contribution in [1.82, 2.24) is 16.0 Å². The van der Waals surface area contributed by atoms with E-state index in [4.69, 9.17) is 47.4 Å². The van der Waals surface area contributed by atoms with Gasteiger partial charge in [-0.3, -0.25) is 14.4 Å². The first-order valence-corrected chi connectivity index (χ1v) is 21.8. The molecule has 18 N–H and O–H groups in total. The summed E-state index contributed by atoms with van der Waals surface area (Å²) in [5, 5.41) is 167. The van der Waals surface area contributed by atoms with Gasteiger partial charge in [0.15, 0.2) is 31.5 Å². The topological polar surface area (TPSA) is 483 Å². The summed E-state index contributed by atoms with van der Waals surface area (Å²) in [6.45, 7) is -3.86. The minimum Gasteiger partial charge on any atom is -0.394 e. The van der Waals surface area contributed by atoms with Crippen LogP contribution in [0.15, 0.2) is 0 Å². The maximum atomic E-state index is 12.7. The molecule has 0 aromatic carbocycles. The predicted octanol–water partition coefficient (Wildman–Crippen LogP) is -12.5. The number of rotatable bonds is 21. The summed E-state index contributed by atoms with van der Waals surface area (Å²) in [6, 6.07) is -4.43. The molecule has 0 aromatic rings. The molecule has 0 bridgehead atoms. The van der Waals surface area contributed by atoms with Crippen molar-refractivity contribution in [2.45, 2.75) is 173 Å². The molecule has 26 atom stereocenters. The molecule has 400 valence electrons. The smallest absolute Gasteiger partial charge is 0.217 e. The van der Waals surface area contributed by atoms with Gasteiger partial charge in [-0.2, -0.15) is 0 Å². The highest BCUT2D eigenvalue weighted by atomic mass is 16.8. The quantitative estimate of drug-likeness (QED) is 0.0475. The Labute approximate surface area is 391 Å². The van der Waals surface area contributed by atoms with Crippen LogP contribution in [0.1, 0.15) is 13.8 Å². The molecule has 0 radical (unpaired) electrons. The molecule has 69 heavy (non-hydrogen) atoms. The van der Waals surface area contributed by atoms with E-state index in [9.17, 15) is 91.0 Å². The minimum absolute atomic E-state index is 0.273. The second-order valence-corrected chi connectivity index (χ2v) is 16.9. The van der Waals surface area contributed by atoms with Gasteiger partial charge in [-0.15, -0.1) is 0 Å². The van der Waals surface area contributed by atoms with E-state index in [1.165, 1.54) is 0 Å². The standard InChI is InChI=1S/C38H65N3O28/c1-11(49)40-19-23(53)21(51)14(4-43)61-34(19)68-32-18(8-47)65-38(67-31-17(7-46)64-36(28(58)26(31)56)60-9-13(3-42)39-10-48)29(59)33(32)69-35-20(41-12(2)50)24(54)30(16(6-45)63-35)66-37-27(57)25(55)22(52)15(5-44)62-37/h10,13-38,42-47,51-59H,3-9H2,1-2H3,(H,39,48)(H,40,49)(H,41,50)/t13-,14-,15-,16-,17-,18-,19-,20-,21+,22+,23-,24-,25+,26-,27-,28-,29-,30+,31-,32+,33-,34+,35+,36-,37+,38+/m1/s1. The van der Waals surface area contributed by atoms with Crippen LogP contribution in [0.4, 0.5) is 0 Å². The number of aliphatic hydroxyl groups is 15. The minimum atomic E-state index is -2.27. The number of carbonyl (C=O) groups excluding carboxylic acids is 3. The van der Waals surface area contributed by atoms with Gasteiger partial charge >= 0.3 is 0 Å². The Morgan fingerprint density at radius 2 is 0.855 bits per heavy atom. The summed E-state index contributed by atoms with van der Waals surface area (Å²) >= 11 is 0. The fraction of sp³-hybridized carbons (Fsp3) is 0.921. The lowest BCUT2D eigenvalue weighted by molar-refractivity contribution is -0.395. The number of ether oxygens (including phenoxy) is 10. The van der Waals surface area contributed by atoms with Crippen LogP contribution in [0.25, 0.3) is 0 Å². The highest BCUT2D eigenvalue weighted by Crippen LogP contribution is 2.37. The van der Waals surface area contributed by atoms with Gasteiger partial charge in [0, 0.05) is 13.8 Å². The Morgan fingerprint density at radius 1 is 0.464 bits per heavy atom. The Hall–Kier alpha value is -2.59. The maximum Gasteiger partial charge on any atom is 0.217 e. The van der Waals surface area contributed by atoms with E-state index in [2.05, 4.69) is 16.0 Å². The fourth-order valence-corrected chi connectivity index (χ4v) is 8.42. The average Bonchev–Trinajstić information content (AvgIpc) is 3.32. The van der Waals surface area contributed by atoms with E-state index in [1.54, 1.807) is 0 Å². The lowest BCUT2D eigenvalue weighted by Gasteiger charge is -2.51. The Morgan fingerprint density at radius 3 is 1.36 bits per heavy atom. The van der Waals surface area contributed by atoms with Gasteiger partial charge in [0.2, 0.25) is 18.2 Å². The summed E-state index contributed by atoms with van der Waals surface area (Å²) in [7, 11) is 0. The van der Waals surface area contributed by atoms with Gasteiger partial charge in [0.05, 0.1) is 52.3 Å². The number of nitrogens with one attached hydrogen (secondary N) is 3.